The Morgan fingerprint density at radius 1 is 1.07 bits per heavy atom. The maximum absolute atomic E-state index is 12.2. The van der Waals surface area contributed by atoms with Crippen molar-refractivity contribution in [3.8, 4) is 5.75 Å². The number of benzene rings is 2. The zero-order valence-electron chi connectivity index (χ0n) is 16.2. The minimum atomic E-state index is -4.04. The van der Waals surface area contributed by atoms with Gasteiger partial charge >= 0.3 is 0 Å². The monoisotopic (exact) mass is 410 g/mol. The second-order valence-electron chi connectivity index (χ2n) is 6.77. The van der Waals surface area contributed by atoms with Gasteiger partial charge in [-0.1, -0.05) is 29.8 Å². The van der Waals surface area contributed by atoms with Crippen LogP contribution in [-0.2, 0) is 25.6 Å². The molecule has 0 spiro atoms. The van der Waals surface area contributed by atoms with Crippen LogP contribution in [0.5, 0.6) is 5.75 Å². The first-order chi connectivity index (χ1) is 13.1. The van der Waals surface area contributed by atoms with Crippen LogP contribution in [0.4, 0.5) is 0 Å². The molecule has 0 bridgehead atoms. The van der Waals surface area contributed by atoms with Crippen LogP contribution in [0.3, 0.4) is 0 Å². The first-order valence-corrected chi connectivity index (χ1v) is 10.1. The van der Waals surface area contributed by atoms with Crippen molar-refractivity contribution in [3.05, 3.63) is 59.7 Å². The predicted octanol–water partition coefficient (Wildman–Crippen LogP) is 2.04. The lowest BCUT2D eigenvalue weighted by Crippen LogP contribution is -2.46. The van der Waals surface area contributed by atoms with Crippen LogP contribution in [0.15, 0.2) is 53.4 Å². The van der Waals surface area contributed by atoms with Crippen molar-refractivity contribution in [1.29, 1.82) is 0 Å². The fraction of sp³-hybridized carbons (Fsp3) is 0.400. The summed E-state index contributed by atoms with van der Waals surface area (Å²) in [5.74, 6) is 0.721. The number of hydrogen-bond donors (Lipinski definition) is 2. The highest BCUT2D eigenvalue weighted by molar-refractivity contribution is 7.86. The van der Waals surface area contributed by atoms with Gasteiger partial charge in [0, 0.05) is 0 Å². The molecule has 0 saturated heterocycles. The third kappa shape index (κ3) is 6.29. The van der Waals surface area contributed by atoms with Crippen LogP contribution >= 0.6 is 0 Å². The Bertz CT molecular complexity index is 843. The second-order valence-corrected chi connectivity index (χ2v) is 8.38. The summed E-state index contributed by atoms with van der Waals surface area (Å²) in [5, 5.41) is 20.5. The van der Waals surface area contributed by atoms with Gasteiger partial charge < -0.3 is 19.7 Å². The lowest BCUT2D eigenvalue weighted by Gasteiger charge is -2.28. The Kier molecular flexibility index (Phi) is 7.56. The molecule has 0 amide bonds. The molecule has 8 heteroatoms. The molecular formula is C20H26O7S. The molecule has 2 aromatic carbocycles. The highest BCUT2D eigenvalue weighted by atomic mass is 32.2. The normalized spacial score (nSPS) is 15.0. The summed E-state index contributed by atoms with van der Waals surface area (Å²) in [6, 6.07) is 13.4. The number of hydrogen-bond acceptors (Lipinski definition) is 7. The van der Waals surface area contributed by atoms with E-state index >= 15 is 0 Å². The van der Waals surface area contributed by atoms with Crippen LogP contribution in [0, 0.1) is 6.92 Å². The highest BCUT2D eigenvalue weighted by Gasteiger charge is 2.33. The highest BCUT2D eigenvalue weighted by Crippen LogP contribution is 2.18. The maximum Gasteiger partial charge on any atom is 0.297 e. The van der Waals surface area contributed by atoms with E-state index in [1.54, 1.807) is 31.4 Å². The van der Waals surface area contributed by atoms with Crippen molar-refractivity contribution in [2.75, 3.05) is 20.3 Å². The molecule has 0 heterocycles. The van der Waals surface area contributed by atoms with E-state index in [-0.39, 0.29) is 18.1 Å². The molecule has 0 aliphatic rings. The van der Waals surface area contributed by atoms with Crippen molar-refractivity contribution < 1.29 is 32.3 Å². The minimum Gasteiger partial charge on any atom is -0.497 e. The summed E-state index contributed by atoms with van der Waals surface area (Å²) in [5.41, 5.74) is -0.0290. The SMILES string of the molecule is COc1ccc(COC[C@@H](O)[C@@](C)(O)COS(=O)(=O)c2ccc(C)cc2)cc1. The van der Waals surface area contributed by atoms with Crippen LogP contribution in [-0.4, -0.2) is 50.7 Å². The smallest absolute Gasteiger partial charge is 0.297 e. The summed E-state index contributed by atoms with van der Waals surface area (Å²) in [7, 11) is -2.46. The third-order valence-electron chi connectivity index (χ3n) is 4.24. The van der Waals surface area contributed by atoms with Crippen LogP contribution in [0.1, 0.15) is 18.1 Å². The molecule has 0 aliphatic heterocycles. The fourth-order valence-electron chi connectivity index (χ4n) is 2.26. The summed E-state index contributed by atoms with van der Waals surface area (Å²) < 4.78 is 39.8. The number of rotatable bonds is 10. The summed E-state index contributed by atoms with van der Waals surface area (Å²) in [6.45, 7) is 2.56. The van der Waals surface area contributed by atoms with Crippen molar-refractivity contribution in [3.63, 3.8) is 0 Å². The number of aryl methyl sites for hydroxylation is 1. The molecule has 2 aromatic rings. The summed E-state index contributed by atoms with van der Waals surface area (Å²) in [6.07, 6.45) is -1.33. The Morgan fingerprint density at radius 2 is 1.68 bits per heavy atom. The molecule has 0 aliphatic carbocycles. The maximum atomic E-state index is 12.2. The molecule has 2 N–H and O–H groups in total. The average Bonchev–Trinajstić information content (AvgIpc) is 2.67. The molecule has 0 radical (unpaired) electrons. The van der Waals surface area contributed by atoms with Crippen molar-refractivity contribution >= 4 is 10.1 Å². The lowest BCUT2D eigenvalue weighted by molar-refractivity contribution is -0.115. The van der Waals surface area contributed by atoms with E-state index in [1.165, 1.54) is 19.1 Å². The summed E-state index contributed by atoms with van der Waals surface area (Å²) in [4.78, 5) is -0.0147. The van der Waals surface area contributed by atoms with Gasteiger partial charge in [-0.3, -0.25) is 4.18 Å². The number of aliphatic hydroxyl groups excluding tert-OH is 1. The van der Waals surface area contributed by atoms with Crippen molar-refractivity contribution in [1.82, 2.24) is 0 Å². The van der Waals surface area contributed by atoms with Gasteiger partial charge in [-0.25, -0.2) is 0 Å². The number of methoxy groups -OCH3 is 1. The molecule has 7 nitrogen and oxygen atoms in total. The zero-order chi connectivity index (χ0) is 20.8. The van der Waals surface area contributed by atoms with Gasteiger partial charge in [0.1, 0.15) is 17.5 Å². The van der Waals surface area contributed by atoms with Gasteiger partial charge in [0.15, 0.2) is 0 Å². The lowest BCUT2D eigenvalue weighted by atomic mass is 10.0. The standard InChI is InChI=1S/C20H26O7S/c1-15-4-10-18(11-5-15)28(23,24)27-14-20(2,22)19(21)13-26-12-16-6-8-17(25-3)9-7-16/h4-11,19,21-22H,12-14H2,1-3H3/t19-,20+/m1/s1. The molecule has 28 heavy (non-hydrogen) atoms. The van der Waals surface area contributed by atoms with Crippen LogP contribution in [0.2, 0.25) is 0 Å². The topological polar surface area (TPSA) is 102 Å². The van der Waals surface area contributed by atoms with Gasteiger partial charge in [0.05, 0.1) is 31.8 Å². The van der Waals surface area contributed by atoms with Crippen LogP contribution < -0.4 is 4.74 Å². The van der Waals surface area contributed by atoms with Gasteiger partial charge in [-0.15, -0.1) is 0 Å². The fourth-order valence-corrected chi connectivity index (χ4v) is 3.25. The van der Waals surface area contributed by atoms with Gasteiger partial charge in [0.25, 0.3) is 10.1 Å². The molecule has 0 fully saturated rings. The van der Waals surface area contributed by atoms with Gasteiger partial charge in [-0.2, -0.15) is 8.42 Å². The van der Waals surface area contributed by atoms with E-state index in [0.29, 0.717) is 0 Å². The quantitative estimate of drug-likeness (QED) is 0.578. The first-order valence-electron chi connectivity index (χ1n) is 8.71. The molecule has 154 valence electrons. The van der Waals surface area contributed by atoms with Gasteiger partial charge in [-0.05, 0) is 43.7 Å². The molecule has 0 unspecified atom stereocenters. The average molecular weight is 410 g/mol. The van der Waals surface area contributed by atoms with Crippen LogP contribution in [0.25, 0.3) is 0 Å². The number of ether oxygens (including phenoxy) is 2. The molecule has 2 rings (SSSR count). The molecule has 0 aromatic heterocycles. The predicted molar refractivity (Wildman–Crippen MR) is 104 cm³/mol. The Morgan fingerprint density at radius 3 is 2.25 bits per heavy atom. The first kappa shape index (κ1) is 22.3. The van der Waals surface area contributed by atoms with E-state index in [4.69, 9.17) is 13.7 Å². The third-order valence-corrected chi connectivity index (χ3v) is 5.51. The van der Waals surface area contributed by atoms with E-state index in [2.05, 4.69) is 0 Å². The van der Waals surface area contributed by atoms with Gasteiger partial charge in [0.2, 0.25) is 0 Å². The Balaban J connectivity index is 1.85. The Labute approximate surface area is 165 Å². The van der Waals surface area contributed by atoms with Crippen molar-refractivity contribution in [2.45, 2.75) is 37.1 Å². The van der Waals surface area contributed by atoms with E-state index in [0.717, 1.165) is 16.9 Å². The number of aliphatic hydroxyl groups is 2. The van der Waals surface area contributed by atoms with Crippen molar-refractivity contribution in [2.24, 2.45) is 0 Å². The van der Waals surface area contributed by atoms with E-state index in [9.17, 15) is 18.6 Å². The second kappa shape index (κ2) is 9.49. The minimum absolute atomic E-state index is 0.0147. The van der Waals surface area contributed by atoms with E-state index in [1.807, 2.05) is 19.1 Å². The molecule has 2 atom stereocenters. The largest absolute Gasteiger partial charge is 0.497 e. The molecular weight excluding hydrogens is 384 g/mol. The van der Waals surface area contributed by atoms with E-state index < -0.39 is 28.4 Å². The summed E-state index contributed by atoms with van der Waals surface area (Å²) >= 11 is 0. The molecule has 0 saturated carbocycles. The Hall–Kier alpha value is -1.97. The zero-order valence-corrected chi connectivity index (χ0v) is 17.0.